The second-order valence-corrected chi connectivity index (χ2v) is 10.1. The Kier molecular flexibility index (Phi) is 6.95. The summed E-state index contributed by atoms with van der Waals surface area (Å²) in [5.41, 5.74) is 6.71. The molecule has 2 heterocycles. The number of nitrogens with one attached hydrogen (secondary N) is 1. The first kappa shape index (κ1) is 24.9. The highest BCUT2D eigenvalue weighted by Gasteiger charge is 2.38. The summed E-state index contributed by atoms with van der Waals surface area (Å²) < 4.78 is 0.909. The zero-order chi connectivity index (χ0) is 26.1. The van der Waals surface area contributed by atoms with Gasteiger partial charge in [0, 0.05) is 39.7 Å². The molecular weight excluding hydrogens is 534 g/mol. The van der Waals surface area contributed by atoms with Crippen molar-refractivity contribution in [3.8, 4) is 0 Å². The molecule has 7 nitrogen and oxygen atoms in total. The van der Waals surface area contributed by atoms with Crippen molar-refractivity contribution in [3.63, 3.8) is 0 Å². The fourth-order valence-corrected chi connectivity index (χ4v) is 5.15. The molecule has 0 bridgehead atoms. The number of aliphatic hydroxyl groups is 1. The molecule has 5 rings (SSSR count). The predicted octanol–water partition coefficient (Wildman–Crippen LogP) is 5.50. The van der Waals surface area contributed by atoms with E-state index in [4.69, 9.17) is 10.2 Å². The Balaban J connectivity index is 1.65. The molecule has 188 valence electrons. The van der Waals surface area contributed by atoms with Crippen LogP contribution in [0.2, 0.25) is 0 Å². The quantitative estimate of drug-likeness (QED) is 0.370. The predicted molar refractivity (Wildman–Crippen MR) is 146 cm³/mol. The Morgan fingerprint density at radius 1 is 1.05 bits per heavy atom. The lowest BCUT2D eigenvalue weighted by atomic mass is 9.84. The van der Waals surface area contributed by atoms with Crippen LogP contribution < -0.4 is 5.32 Å². The van der Waals surface area contributed by atoms with Gasteiger partial charge in [-0.25, -0.2) is 5.01 Å². The number of hydrazone groups is 1. The third kappa shape index (κ3) is 5.08. The Hall–Kier alpha value is -3.75. The van der Waals surface area contributed by atoms with Crippen molar-refractivity contribution in [2.24, 2.45) is 5.10 Å². The molecule has 1 amide bonds. The average molecular weight is 560 g/mol. The molecule has 0 radical (unpaired) electrons. The van der Waals surface area contributed by atoms with E-state index in [0.29, 0.717) is 17.7 Å². The van der Waals surface area contributed by atoms with Crippen LogP contribution in [0.1, 0.15) is 47.6 Å². The van der Waals surface area contributed by atoms with Gasteiger partial charge in [-0.15, -0.1) is 0 Å². The Bertz CT molecular complexity index is 1420. The molecule has 37 heavy (non-hydrogen) atoms. The van der Waals surface area contributed by atoms with Gasteiger partial charge in [0.25, 0.3) is 0 Å². The van der Waals surface area contributed by atoms with Gasteiger partial charge in [0.2, 0.25) is 5.91 Å². The highest BCUT2D eigenvalue weighted by atomic mass is 79.9. The molecule has 2 unspecified atom stereocenters. The minimum Gasteiger partial charge on any atom is -0.481 e. The van der Waals surface area contributed by atoms with E-state index in [1.165, 1.54) is 5.01 Å². The van der Waals surface area contributed by atoms with Gasteiger partial charge in [-0.2, -0.15) is 5.10 Å². The Morgan fingerprint density at radius 3 is 2.49 bits per heavy atom. The number of benzene rings is 3. The van der Waals surface area contributed by atoms with Crippen LogP contribution in [0.5, 0.6) is 0 Å². The lowest BCUT2D eigenvalue weighted by Gasteiger charge is -2.30. The van der Waals surface area contributed by atoms with Crippen molar-refractivity contribution in [2.75, 3.05) is 5.32 Å². The Morgan fingerprint density at radius 2 is 1.78 bits per heavy atom. The van der Waals surface area contributed by atoms with Crippen molar-refractivity contribution in [1.29, 1.82) is 0 Å². The van der Waals surface area contributed by atoms with E-state index in [1.807, 2.05) is 73.7 Å². The second-order valence-electron chi connectivity index (χ2n) is 9.20. The van der Waals surface area contributed by atoms with E-state index in [9.17, 15) is 14.7 Å². The fraction of sp³-hybridized carbons (Fsp3) is 0.207. The van der Waals surface area contributed by atoms with Crippen molar-refractivity contribution < 1.29 is 19.8 Å². The van der Waals surface area contributed by atoms with Crippen LogP contribution in [0.15, 0.2) is 87.9 Å². The summed E-state index contributed by atoms with van der Waals surface area (Å²) in [5, 5.41) is 29.8. The van der Waals surface area contributed by atoms with E-state index in [2.05, 4.69) is 27.3 Å². The second kappa shape index (κ2) is 10.3. The number of carbonyl (C=O) groups excluding carboxylic acids is 1. The Labute approximate surface area is 223 Å². The van der Waals surface area contributed by atoms with Crippen molar-refractivity contribution >= 4 is 44.8 Å². The third-order valence-electron chi connectivity index (χ3n) is 6.63. The molecule has 0 saturated carbocycles. The van der Waals surface area contributed by atoms with E-state index < -0.39 is 18.2 Å². The molecule has 2 aliphatic heterocycles. The maximum Gasteiger partial charge on any atom is 0.303 e. The van der Waals surface area contributed by atoms with Crippen molar-refractivity contribution in [3.05, 3.63) is 105 Å². The van der Waals surface area contributed by atoms with Gasteiger partial charge in [0.15, 0.2) is 6.23 Å². The molecule has 0 saturated heterocycles. The summed E-state index contributed by atoms with van der Waals surface area (Å²) in [4.78, 5) is 24.3. The normalized spacial score (nSPS) is 18.8. The molecule has 2 atom stereocenters. The highest BCUT2D eigenvalue weighted by molar-refractivity contribution is 9.10. The number of aliphatic hydroxyl groups excluding tert-OH is 1. The minimum absolute atomic E-state index is 0.160. The smallest absolute Gasteiger partial charge is 0.303 e. The summed E-state index contributed by atoms with van der Waals surface area (Å²) >= 11 is 3.45. The first-order chi connectivity index (χ1) is 17.8. The first-order valence-electron chi connectivity index (χ1n) is 12.0. The van der Waals surface area contributed by atoms with Crippen LogP contribution in [0.3, 0.4) is 0 Å². The number of aliphatic carboxylic acids is 1. The summed E-state index contributed by atoms with van der Waals surface area (Å²) in [6.07, 6.45) is -1.09. The van der Waals surface area contributed by atoms with E-state index in [0.717, 1.165) is 38.0 Å². The van der Waals surface area contributed by atoms with Crippen LogP contribution in [-0.4, -0.2) is 39.0 Å². The van der Waals surface area contributed by atoms with Gasteiger partial charge < -0.3 is 15.5 Å². The van der Waals surface area contributed by atoms with Gasteiger partial charge >= 0.3 is 5.97 Å². The maximum atomic E-state index is 13.2. The zero-order valence-electron chi connectivity index (χ0n) is 20.2. The van der Waals surface area contributed by atoms with Gasteiger partial charge in [-0.1, -0.05) is 70.0 Å². The number of hydrogen-bond donors (Lipinski definition) is 3. The summed E-state index contributed by atoms with van der Waals surface area (Å²) in [7, 11) is 0. The number of anilines is 1. The van der Waals surface area contributed by atoms with Crippen LogP contribution in [-0.2, 0) is 9.59 Å². The van der Waals surface area contributed by atoms with E-state index in [-0.39, 0.29) is 18.7 Å². The molecule has 2 aliphatic rings. The molecule has 3 aromatic rings. The minimum atomic E-state index is -1.04. The number of nitrogens with zero attached hydrogens (tertiary/aromatic N) is 2. The standard InChI is InChI=1S/C29H26BrN3O4/c1-17-7-12-22-21(15-17)27(19-5-3-2-4-6-19)28(29(37)31-22)23-16-24(18-8-10-20(30)11-9-18)33(32-23)25(34)13-14-26(35)36/h2-12,15,24,29,31,37H,13-14,16H2,1H3,(H,35,36). The van der Waals surface area contributed by atoms with Crippen LogP contribution in [0.25, 0.3) is 5.57 Å². The number of fused-ring (bicyclic) bond motifs is 1. The van der Waals surface area contributed by atoms with Crippen molar-refractivity contribution in [2.45, 2.75) is 38.5 Å². The van der Waals surface area contributed by atoms with Crippen molar-refractivity contribution in [1.82, 2.24) is 5.01 Å². The average Bonchev–Trinajstić information content (AvgIpc) is 3.32. The lowest BCUT2D eigenvalue weighted by Crippen LogP contribution is -2.31. The summed E-state index contributed by atoms with van der Waals surface area (Å²) in [6.45, 7) is 2.02. The largest absolute Gasteiger partial charge is 0.481 e. The lowest BCUT2D eigenvalue weighted by molar-refractivity contribution is -0.141. The third-order valence-corrected chi connectivity index (χ3v) is 7.15. The molecule has 0 fully saturated rings. The van der Waals surface area contributed by atoms with Crippen LogP contribution in [0, 0.1) is 6.92 Å². The van der Waals surface area contributed by atoms with Crippen LogP contribution >= 0.6 is 15.9 Å². The number of rotatable bonds is 6. The first-order valence-corrected chi connectivity index (χ1v) is 12.8. The number of carbonyl (C=O) groups is 2. The van der Waals surface area contributed by atoms with Gasteiger partial charge in [0.1, 0.15) is 0 Å². The molecule has 0 aliphatic carbocycles. The SMILES string of the molecule is Cc1ccc2c(c1)C(c1ccccc1)=C(C1=NN(C(=O)CCC(=O)O)C(c3ccc(Br)cc3)C1)C(O)N2. The number of carboxylic acids is 1. The summed E-state index contributed by atoms with van der Waals surface area (Å²) in [5.74, 6) is -1.41. The number of halogens is 1. The zero-order valence-corrected chi connectivity index (χ0v) is 21.8. The molecule has 0 aromatic heterocycles. The number of hydrogen-bond acceptors (Lipinski definition) is 5. The fourth-order valence-electron chi connectivity index (χ4n) is 4.89. The maximum absolute atomic E-state index is 13.2. The van der Waals surface area contributed by atoms with Gasteiger partial charge in [-0.05, 0) is 42.3 Å². The van der Waals surface area contributed by atoms with E-state index >= 15 is 0 Å². The molecular formula is C29H26BrN3O4. The summed E-state index contributed by atoms with van der Waals surface area (Å²) in [6, 6.07) is 23.1. The highest BCUT2D eigenvalue weighted by Crippen LogP contribution is 2.42. The number of aryl methyl sites for hydroxylation is 1. The van der Waals surface area contributed by atoms with Gasteiger partial charge in [0.05, 0.1) is 18.2 Å². The molecule has 3 N–H and O–H groups in total. The number of carboxylic acid groups (broad SMARTS) is 1. The van der Waals surface area contributed by atoms with Crippen LogP contribution in [0.4, 0.5) is 5.69 Å². The number of amides is 1. The molecule has 0 spiro atoms. The topological polar surface area (TPSA) is 102 Å². The molecule has 8 heteroatoms. The molecule has 3 aromatic carbocycles. The monoisotopic (exact) mass is 559 g/mol. The van der Waals surface area contributed by atoms with Gasteiger partial charge in [-0.3, -0.25) is 9.59 Å². The van der Waals surface area contributed by atoms with E-state index in [1.54, 1.807) is 0 Å².